The molecule has 1 fully saturated rings. The Hall–Kier alpha value is -1.95. The van der Waals surface area contributed by atoms with Crippen molar-refractivity contribution in [2.24, 2.45) is 0 Å². The summed E-state index contributed by atoms with van der Waals surface area (Å²) in [4.78, 5) is 18.1. The second-order valence-corrected chi connectivity index (χ2v) is 8.39. The fourth-order valence-corrected chi connectivity index (χ4v) is 5.36. The quantitative estimate of drug-likeness (QED) is 0.676. The molecule has 0 bridgehead atoms. The van der Waals surface area contributed by atoms with Crippen LogP contribution in [0.15, 0.2) is 34.7 Å². The van der Waals surface area contributed by atoms with Gasteiger partial charge in [0.2, 0.25) is 15.9 Å². The molecular formula is C13H11N5O3S3. The lowest BCUT2D eigenvalue weighted by Gasteiger charge is -2.32. The molecule has 0 N–H and O–H groups in total. The number of hydrogen-bond donors (Lipinski definition) is 0. The lowest BCUT2D eigenvalue weighted by molar-refractivity contribution is -0.119. The Morgan fingerprint density at radius 1 is 1.17 bits per heavy atom. The van der Waals surface area contributed by atoms with E-state index in [4.69, 9.17) is 0 Å². The van der Waals surface area contributed by atoms with Gasteiger partial charge >= 0.3 is 0 Å². The van der Waals surface area contributed by atoms with Crippen molar-refractivity contribution < 1.29 is 13.2 Å². The Kier molecular flexibility index (Phi) is 3.79. The molecule has 0 atom stereocenters. The minimum Gasteiger partial charge on any atom is -0.286 e. The number of anilines is 1. The van der Waals surface area contributed by atoms with Crippen LogP contribution in [0.5, 0.6) is 0 Å². The van der Waals surface area contributed by atoms with Crippen LogP contribution in [0.1, 0.15) is 0 Å². The Morgan fingerprint density at radius 2 is 2.04 bits per heavy atom. The number of aromatic nitrogens is 3. The molecule has 4 rings (SSSR count). The van der Waals surface area contributed by atoms with E-state index < -0.39 is 10.0 Å². The molecule has 1 aliphatic heterocycles. The molecule has 0 aliphatic carbocycles. The maximum absolute atomic E-state index is 12.9. The van der Waals surface area contributed by atoms with Crippen molar-refractivity contribution in [3.05, 3.63) is 29.8 Å². The number of carbonyl (C=O) groups is 1. The zero-order valence-electron chi connectivity index (χ0n) is 12.2. The molecule has 1 aromatic carbocycles. The maximum atomic E-state index is 12.9. The molecule has 124 valence electrons. The summed E-state index contributed by atoms with van der Waals surface area (Å²) in [5.74, 6) is -0.289. The minimum atomic E-state index is -3.81. The highest BCUT2D eigenvalue weighted by Gasteiger charge is 2.35. The van der Waals surface area contributed by atoms with E-state index in [2.05, 4.69) is 13.7 Å². The second kappa shape index (κ2) is 5.84. The number of hydrogen-bond acceptors (Lipinski definition) is 8. The van der Waals surface area contributed by atoms with Crippen LogP contribution in [0, 0.1) is 0 Å². The number of rotatable bonds is 3. The summed E-state index contributed by atoms with van der Waals surface area (Å²) >= 11 is 2.31. The Labute approximate surface area is 145 Å². The highest BCUT2D eigenvalue weighted by Crippen LogP contribution is 2.27. The van der Waals surface area contributed by atoms with Crippen molar-refractivity contribution in [2.45, 2.75) is 4.90 Å². The zero-order valence-corrected chi connectivity index (χ0v) is 14.6. The van der Waals surface area contributed by atoms with Crippen molar-refractivity contribution in [1.29, 1.82) is 0 Å². The second-order valence-electron chi connectivity index (χ2n) is 5.09. The van der Waals surface area contributed by atoms with Gasteiger partial charge in [-0.15, -0.1) is 11.3 Å². The fraction of sp³-hybridized carbons (Fsp3) is 0.231. The summed E-state index contributed by atoms with van der Waals surface area (Å²) in [5, 5.41) is 2.37. The minimum absolute atomic E-state index is 0.0873. The summed E-state index contributed by atoms with van der Waals surface area (Å²) in [5.41, 5.74) is 0.881. The van der Waals surface area contributed by atoms with Crippen LogP contribution in [-0.2, 0) is 14.8 Å². The third-order valence-corrected chi connectivity index (χ3v) is 6.92. The van der Waals surface area contributed by atoms with Gasteiger partial charge < -0.3 is 0 Å². The smallest absolute Gasteiger partial charge is 0.245 e. The molecule has 0 saturated carbocycles. The molecule has 1 saturated heterocycles. The monoisotopic (exact) mass is 381 g/mol. The van der Waals surface area contributed by atoms with Crippen molar-refractivity contribution >= 4 is 55.2 Å². The van der Waals surface area contributed by atoms with Gasteiger partial charge in [-0.05, 0) is 12.1 Å². The normalized spacial score (nSPS) is 16.8. The summed E-state index contributed by atoms with van der Waals surface area (Å²) in [6.07, 6.45) is 1.62. The molecular weight excluding hydrogens is 370 g/mol. The fourth-order valence-electron chi connectivity index (χ4n) is 2.54. The van der Waals surface area contributed by atoms with Crippen molar-refractivity contribution in [2.75, 3.05) is 24.5 Å². The topological polar surface area (TPSA) is 96.4 Å². The van der Waals surface area contributed by atoms with Gasteiger partial charge in [0.05, 0.1) is 18.3 Å². The van der Waals surface area contributed by atoms with E-state index in [0.29, 0.717) is 16.2 Å². The van der Waals surface area contributed by atoms with Crippen LogP contribution in [-0.4, -0.2) is 52.0 Å². The van der Waals surface area contributed by atoms with Gasteiger partial charge in [0.25, 0.3) is 0 Å². The molecule has 1 aliphatic rings. The predicted octanol–water partition coefficient (Wildman–Crippen LogP) is 1.19. The van der Waals surface area contributed by atoms with Crippen LogP contribution < -0.4 is 4.90 Å². The molecule has 24 heavy (non-hydrogen) atoms. The average molecular weight is 381 g/mol. The Bertz CT molecular complexity index is 999. The van der Waals surface area contributed by atoms with Gasteiger partial charge in [0, 0.05) is 24.7 Å². The van der Waals surface area contributed by atoms with E-state index >= 15 is 0 Å². The number of fused-ring (bicyclic) bond motifs is 1. The number of amides is 1. The Balaban J connectivity index is 1.65. The Morgan fingerprint density at radius 3 is 2.79 bits per heavy atom. The van der Waals surface area contributed by atoms with Gasteiger partial charge in [-0.3, -0.25) is 9.69 Å². The number of carbonyl (C=O) groups excluding carboxylic acids is 1. The summed E-state index contributed by atoms with van der Waals surface area (Å²) in [7, 11) is -3.81. The highest BCUT2D eigenvalue weighted by molar-refractivity contribution is 7.89. The first-order valence-corrected chi connectivity index (χ1v) is 10.0. The summed E-state index contributed by atoms with van der Waals surface area (Å²) < 4.78 is 35.2. The van der Waals surface area contributed by atoms with Crippen LogP contribution >= 0.6 is 23.1 Å². The standard InChI is InChI=1S/C13H11N5O3S3/c19-11-8-17(5-6-18(11)13-14-4-7-22-13)24(20,21)10-3-1-2-9-12(10)16-23-15-9/h1-4,7H,5-6,8H2. The van der Waals surface area contributed by atoms with Crippen LogP contribution in [0.3, 0.4) is 0 Å². The van der Waals surface area contributed by atoms with Crippen LogP contribution in [0.4, 0.5) is 5.13 Å². The highest BCUT2D eigenvalue weighted by atomic mass is 32.2. The third-order valence-electron chi connectivity index (χ3n) is 3.70. The SMILES string of the molecule is O=C1CN(S(=O)(=O)c2cccc3nsnc23)CCN1c1nccs1. The molecule has 0 radical (unpaired) electrons. The van der Waals surface area contributed by atoms with Gasteiger partial charge in [-0.25, -0.2) is 13.4 Å². The summed E-state index contributed by atoms with van der Waals surface area (Å²) in [6.45, 7) is 0.272. The third kappa shape index (κ3) is 2.49. The van der Waals surface area contributed by atoms with Crippen molar-refractivity contribution in [3.8, 4) is 0 Å². The number of piperazine rings is 1. The molecule has 11 heteroatoms. The molecule has 8 nitrogen and oxygen atoms in total. The van der Waals surface area contributed by atoms with Gasteiger partial charge in [0.1, 0.15) is 15.9 Å². The van der Waals surface area contributed by atoms with Crippen molar-refractivity contribution in [1.82, 2.24) is 18.0 Å². The largest absolute Gasteiger partial charge is 0.286 e. The lowest BCUT2D eigenvalue weighted by Crippen LogP contribution is -2.52. The number of benzene rings is 1. The van der Waals surface area contributed by atoms with E-state index in [1.54, 1.807) is 23.7 Å². The van der Waals surface area contributed by atoms with Crippen molar-refractivity contribution in [3.63, 3.8) is 0 Å². The maximum Gasteiger partial charge on any atom is 0.245 e. The van der Waals surface area contributed by atoms with Gasteiger partial charge in [0.15, 0.2) is 5.13 Å². The van der Waals surface area contributed by atoms with E-state index in [9.17, 15) is 13.2 Å². The lowest BCUT2D eigenvalue weighted by atomic mass is 10.3. The number of thiazole rings is 1. The summed E-state index contributed by atoms with van der Waals surface area (Å²) in [6, 6.07) is 4.84. The molecule has 2 aromatic heterocycles. The van der Waals surface area contributed by atoms with E-state index in [1.807, 2.05) is 0 Å². The first-order chi connectivity index (χ1) is 11.6. The predicted molar refractivity (Wildman–Crippen MR) is 90.6 cm³/mol. The van der Waals surface area contributed by atoms with E-state index in [0.717, 1.165) is 11.7 Å². The molecule has 0 unspecified atom stereocenters. The van der Waals surface area contributed by atoms with E-state index in [1.165, 1.54) is 26.6 Å². The molecule has 1 amide bonds. The van der Waals surface area contributed by atoms with Gasteiger partial charge in [-0.2, -0.15) is 13.1 Å². The first-order valence-electron chi connectivity index (χ1n) is 6.98. The number of sulfonamides is 1. The number of nitrogens with zero attached hydrogens (tertiary/aromatic N) is 5. The molecule has 0 spiro atoms. The molecule has 3 heterocycles. The zero-order chi connectivity index (χ0) is 16.7. The van der Waals surface area contributed by atoms with Crippen LogP contribution in [0.25, 0.3) is 11.0 Å². The average Bonchev–Trinajstić information content (AvgIpc) is 3.25. The van der Waals surface area contributed by atoms with E-state index in [-0.39, 0.29) is 30.4 Å². The van der Waals surface area contributed by atoms with Crippen LogP contribution in [0.2, 0.25) is 0 Å². The first kappa shape index (κ1) is 15.6. The molecule has 3 aromatic rings. The van der Waals surface area contributed by atoms with Gasteiger partial charge in [-0.1, -0.05) is 6.07 Å².